The van der Waals surface area contributed by atoms with Gasteiger partial charge in [-0.25, -0.2) is 4.79 Å². The quantitative estimate of drug-likeness (QED) is 0.464. The Morgan fingerprint density at radius 1 is 1.78 bits per heavy atom. The topological polar surface area (TPSA) is 82.0 Å². The highest BCUT2D eigenvalue weighted by Crippen LogP contribution is 1.87. The monoisotopic (exact) mass is 132 g/mol. The summed E-state index contributed by atoms with van der Waals surface area (Å²) in [6.45, 7) is 0. The molecule has 0 aliphatic carbocycles. The number of aldehydes is 1. The summed E-state index contributed by atoms with van der Waals surface area (Å²) >= 11 is 0. The van der Waals surface area contributed by atoms with Gasteiger partial charge in [0, 0.05) is 12.8 Å². The number of carboxylic acid groups (broad SMARTS) is 1. The minimum Gasteiger partial charge on any atom is -0.477 e. The van der Waals surface area contributed by atoms with E-state index >= 15 is 0 Å². The van der Waals surface area contributed by atoms with E-state index in [-0.39, 0.29) is 6.42 Å². The van der Waals surface area contributed by atoms with Crippen LogP contribution in [0, 0.1) is 0 Å². The van der Waals surface area contributed by atoms with Crippen LogP contribution in [0.5, 0.6) is 0 Å². The molecule has 0 amide bonds. The molecule has 0 fully saturated rings. The summed E-state index contributed by atoms with van der Waals surface area (Å²) < 4.78 is 0. The number of carbonyl (C=O) groups is 2. The molecule has 0 saturated carbocycles. The molecule has 0 heterocycles. The predicted molar refractivity (Wildman–Crippen MR) is 29.6 cm³/mol. The first-order valence-electron chi connectivity index (χ1n) is 2.68. The standard InChI is InChI=1S/C5H9NO3/c6-4(5(8)9)2-1-3-7/h3-4H,1-2,6H2,(H,8,9)/p+1/t4-/m0/s1. The maximum absolute atomic E-state index is 10.0. The molecule has 1 atom stereocenters. The van der Waals surface area contributed by atoms with Crippen LogP contribution in [0.3, 0.4) is 0 Å². The van der Waals surface area contributed by atoms with Gasteiger partial charge in [0.2, 0.25) is 0 Å². The summed E-state index contributed by atoms with van der Waals surface area (Å²) in [6.07, 6.45) is 1.31. The molecular weight excluding hydrogens is 122 g/mol. The predicted octanol–water partition coefficient (Wildman–Crippen LogP) is -1.34. The first-order chi connectivity index (χ1) is 4.18. The number of aliphatic carboxylic acids is 1. The third kappa shape index (κ3) is 3.66. The molecular formula is C5H10NO3+. The van der Waals surface area contributed by atoms with E-state index in [0.717, 1.165) is 0 Å². The van der Waals surface area contributed by atoms with Gasteiger partial charge in [-0.15, -0.1) is 0 Å². The number of carbonyl (C=O) groups excluding carboxylic acids is 1. The van der Waals surface area contributed by atoms with E-state index in [1.165, 1.54) is 0 Å². The lowest BCUT2D eigenvalue weighted by Gasteiger charge is -1.96. The maximum atomic E-state index is 10.0. The Kier molecular flexibility index (Phi) is 3.62. The molecule has 0 spiro atoms. The van der Waals surface area contributed by atoms with Gasteiger partial charge in [0.05, 0.1) is 0 Å². The lowest BCUT2D eigenvalue weighted by atomic mass is 10.2. The van der Waals surface area contributed by atoms with Crippen LogP contribution >= 0.6 is 0 Å². The molecule has 0 aromatic carbocycles. The summed E-state index contributed by atoms with van der Waals surface area (Å²) in [5.41, 5.74) is 3.32. The van der Waals surface area contributed by atoms with Crippen molar-refractivity contribution in [1.29, 1.82) is 0 Å². The van der Waals surface area contributed by atoms with Gasteiger partial charge < -0.3 is 15.6 Å². The highest BCUT2D eigenvalue weighted by molar-refractivity contribution is 5.71. The van der Waals surface area contributed by atoms with Gasteiger partial charge in [-0.1, -0.05) is 0 Å². The highest BCUT2D eigenvalue weighted by Gasteiger charge is 2.13. The van der Waals surface area contributed by atoms with E-state index in [1.54, 1.807) is 0 Å². The van der Waals surface area contributed by atoms with Crippen molar-refractivity contribution in [3.63, 3.8) is 0 Å². The van der Waals surface area contributed by atoms with E-state index in [2.05, 4.69) is 5.73 Å². The van der Waals surface area contributed by atoms with E-state index in [0.29, 0.717) is 12.7 Å². The molecule has 4 N–H and O–H groups in total. The molecule has 9 heavy (non-hydrogen) atoms. The molecule has 0 aliphatic rings. The highest BCUT2D eigenvalue weighted by atomic mass is 16.4. The Morgan fingerprint density at radius 2 is 2.33 bits per heavy atom. The number of hydrogen-bond acceptors (Lipinski definition) is 2. The van der Waals surface area contributed by atoms with Crippen LogP contribution in [0.1, 0.15) is 12.8 Å². The van der Waals surface area contributed by atoms with Crippen LogP contribution in [0.2, 0.25) is 0 Å². The fourth-order valence-corrected chi connectivity index (χ4v) is 0.393. The number of carboxylic acids is 1. The van der Waals surface area contributed by atoms with E-state index < -0.39 is 12.0 Å². The van der Waals surface area contributed by atoms with Gasteiger partial charge in [0.1, 0.15) is 6.29 Å². The van der Waals surface area contributed by atoms with Gasteiger partial charge in [-0.2, -0.15) is 0 Å². The van der Waals surface area contributed by atoms with Crippen LogP contribution in [-0.4, -0.2) is 23.4 Å². The van der Waals surface area contributed by atoms with Crippen molar-refractivity contribution in [2.75, 3.05) is 0 Å². The Bertz CT molecular complexity index is 113. The van der Waals surface area contributed by atoms with Crippen molar-refractivity contribution < 1.29 is 20.4 Å². The molecule has 0 unspecified atom stereocenters. The molecule has 4 heteroatoms. The molecule has 0 aromatic rings. The lowest BCUT2D eigenvalue weighted by molar-refractivity contribution is -0.408. The Balaban J connectivity index is 3.37. The van der Waals surface area contributed by atoms with E-state index in [1.807, 2.05) is 0 Å². The molecule has 52 valence electrons. The summed E-state index contributed by atoms with van der Waals surface area (Å²) in [7, 11) is 0. The first-order valence-corrected chi connectivity index (χ1v) is 2.68. The zero-order valence-electron chi connectivity index (χ0n) is 5.04. The average molecular weight is 132 g/mol. The summed E-state index contributed by atoms with van der Waals surface area (Å²) in [4.78, 5) is 19.7. The van der Waals surface area contributed by atoms with Crippen molar-refractivity contribution in [2.45, 2.75) is 18.9 Å². The second kappa shape index (κ2) is 4.03. The van der Waals surface area contributed by atoms with Crippen molar-refractivity contribution in [1.82, 2.24) is 0 Å². The Hall–Kier alpha value is -0.900. The summed E-state index contributed by atoms with van der Waals surface area (Å²) in [5.74, 6) is -0.947. The van der Waals surface area contributed by atoms with Crippen LogP contribution in [0.25, 0.3) is 0 Å². The van der Waals surface area contributed by atoms with Crippen molar-refractivity contribution in [3.8, 4) is 0 Å². The SMILES string of the molecule is [NH3+][C@@H](CCC=O)C(=O)O. The molecule has 0 bridgehead atoms. The van der Waals surface area contributed by atoms with Crippen molar-refractivity contribution >= 4 is 12.3 Å². The third-order valence-corrected chi connectivity index (χ3v) is 0.982. The minimum atomic E-state index is -0.947. The van der Waals surface area contributed by atoms with Crippen LogP contribution in [-0.2, 0) is 9.59 Å². The molecule has 0 rings (SSSR count). The van der Waals surface area contributed by atoms with Crippen molar-refractivity contribution in [3.05, 3.63) is 0 Å². The number of hydrogen-bond donors (Lipinski definition) is 2. The Morgan fingerprint density at radius 3 is 2.67 bits per heavy atom. The van der Waals surface area contributed by atoms with Gasteiger partial charge in [-0.05, 0) is 0 Å². The smallest absolute Gasteiger partial charge is 0.362 e. The van der Waals surface area contributed by atoms with Crippen LogP contribution < -0.4 is 5.73 Å². The van der Waals surface area contributed by atoms with Gasteiger partial charge in [0.15, 0.2) is 6.04 Å². The normalized spacial score (nSPS) is 12.6. The Labute approximate surface area is 52.7 Å². The molecule has 0 aromatic heterocycles. The average Bonchev–Trinajstić information content (AvgIpc) is 1.82. The fraction of sp³-hybridized carbons (Fsp3) is 0.600. The largest absolute Gasteiger partial charge is 0.477 e. The van der Waals surface area contributed by atoms with E-state index in [9.17, 15) is 9.59 Å². The maximum Gasteiger partial charge on any atom is 0.362 e. The third-order valence-electron chi connectivity index (χ3n) is 0.982. The zero-order chi connectivity index (χ0) is 7.28. The van der Waals surface area contributed by atoms with Crippen molar-refractivity contribution in [2.24, 2.45) is 0 Å². The number of rotatable bonds is 4. The van der Waals surface area contributed by atoms with Gasteiger partial charge >= 0.3 is 5.97 Å². The second-order valence-electron chi connectivity index (χ2n) is 1.78. The molecule has 0 saturated heterocycles. The first kappa shape index (κ1) is 8.10. The molecule has 4 nitrogen and oxygen atoms in total. The van der Waals surface area contributed by atoms with Gasteiger partial charge in [0.25, 0.3) is 0 Å². The summed E-state index contributed by atoms with van der Waals surface area (Å²) in [5, 5.41) is 8.23. The van der Waals surface area contributed by atoms with Gasteiger partial charge in [-0.3, -0.25) is 0 Å². The van der Waals surface area contributed by atoms with E-state index in [4.69, 9.17) is 5.11 Å². The minimum absolute atomic E-state index is 0.278. The second-order valence-corrected chi connectivity index (χ2v) is 1.78. The number of quaternary nitrogens is 1. The molecule has 0 aliphatic heterocycles. The van der Waals surface area contributed by atoms with Crippen LogP contribution in [0.4, 0.5) is 0 Å². The summed E-state index contributed by atoms with van der Waals surface area (Å²) in [6, 6.07) is -0.643. The zero-order valence-corrected chi connectivity index (χ0v) is 5.04. The lowest BCUT2D eigenvalue weighted by Crippen LogP contribution is -2.64. The van der Waals surface area contributed by atoms with Crippen LogP contribution in [0.15, 0.2) is 0 Å². The molecule has 0 radical (unpaired) electrons. The fourth-order valence-electron chi connectivity index (χ4n) is 0.393.